The maximum absolute atomic E-state index is 13.0. The highest BCUT2D eigenvalue weighted by Crippen LogP contribution is 2.28. The van der Waals surface area contributed by atoms with Gasteiger partial charge in [0.25, 0.3) is 0 Å². The van der Waals surface area contributed by atoms with Gasteiger partial charge in [-0.3, -0.25) is 14.4 Å². The molecule has 1 N–H and O–H groups in total. The van der Waals surface area contributed by atoms with Crippen molar-refractivity contribution in [3.05, 3.63) is 0 Å². The van der Waals surface area contributed by atoms with Crippen LogP contribution in [0.15, 0.2) is 0 Å². The molecule has 0 aromatic carbocycles. The largest absolute Gasteiger partial charge is 0.466 e. The Hall–Kier alpha value is -1.96. The quantitative estimate of drug-likeness (QED) is 0.143. The fourth-order valence-electron chi connectivity index (χ4n) is 3.21. The molecule has 0 bridgehead atoms. The first-order chi connectivity index (χ1) is 15.2. The van der Waals surface area contributed by atoms with Crippen molar-refractivity contribution in [3.8, 4) is 0 Å². The van der Waals surface area contributed by atoms with Crippen LogP contribution >= 0.6 is 0 Å². The summed E-state index contributed by atoms with van der Waals surface area (Å²) >= 11 is 0. The van der Waals surface area contributed by atoms with Crippen LogP contribution in [0.1, 0.15) is 92.4 Å². The van der Waals surface area contributed by atoms with Gasteiger partial charge < -0.3 is 19.3 Å². The van der Waals surface area contributed by atoms with E-state index in [4.69, 9.17) is 14.2 Å². The van der Waals surface area contributed by atoms with E-state index in [2.05, 4.69) is 6.92 Å². The van der Waals surface area contributed by atoms with Crippen molar-refractivity contribution in [2.24, 2.45) is 11.8 Å². The number of ether oxygens (including phenoxy) is 3. The lowest BCUT2D eigenvalue weighted by molar-refractivity contribution is -0.188. The normalized spacial score (nSPS) is 14.7. The zero-order valence-corrected chi connectivity index (χ0v) is 20.4. The van der Waals surface area contributed by atoms with Crippen LogP contribution in [-0.2, 0) is 33.4 Å². The predicted octanol–water partition coefficient (Wildman–Crippen LogP) is 3.76. The molecule has 0 aliphatic rings. The summed E-state index contributed by atoms with van der Waals surface area (Å²) in [5, 5.41) is 11.2. The lowest BCUT2D eigenvalue weighted by Gasteiger charge is -2.31. The van der Waals surface area contributed by atoms with Gasteiger partial charge in [0.2, 0.25) is 0 Å². The Balaban J connectivity index is 5.66. The van der Waals surface area contributed by atoms with Crippen LogP contribution in [0.2, 0.25) is 0 Å². The van der Waals surface area contributed by atoms with Gasteiger partial charge in [0.05, 0.1) is 26.2 Å². The van der Waals surface area contributed by atoms with Crippen molar-refractivity contribution in [2.75, 3.05) is 19.8 Å². The van der Waals surface area contributed by atoms with Crippen molar-refractivity contribution in [2.45, 2.75) is 98.0 Å². The van der Waals surface area contributed by atoms with E-state index in [1.54, 1.807) is 0 Å². The number of carbonyl (C=O) groups is 4. The first kappa shape index (κ1) is 30.0. The van der Waals surface area contributed by atoms with Crippen LogP contribution in [0.3, 0.4) is 0 Å². The maximum Gasteiger partial charge on any atom is 0.340 e. The van der Waals surface area contributed by atoms with Gasteiger partial charge in [-0.2, -0.15) is 0 Å². The van der Waals surface area contributed by atoms with Crippen LogP contribution < -0.4 is 0 Å². The molecule has 8 nitrogen and oxygen atoms in total. The molecule has 0 rings (SSSR count). The molecule has 3 atom stereocenters. The molecular formula is C24H42O8. The van der Waals surface area contributed by atoms with E-state index in [0.29, 0.717) is 12.8 Å². The van der Waals surface area contributed by atoms with Crippen molar-refractivity contribution < 1.29 is 38.5 Å². The molecule has 3 unspecified atom stereocenters. The molecule has 0 aliphatic carbocycles. The van der Waals surface area contributed by atoms with Gasteiger partial charge in [0, 0.05) is 0 Å². The second kappa shape index (κ2) is 16.6. The molecule has 0 saturated carbocycles. The Morgan fingerprint density at radius 2 is 1.41 bits per heavy atom. The van der Waals surface area contributed by atoms with Gasteiger partial charge in [-0.15, -0.1) is 0 Å². The topological polar surface area (TPSA) is 116 Å². The third kappa shape index (κ3) is 10.6. The number of unbranched alkanes of at least 4 members (excludes halogenated alkanes) is 3. The first-order valence-corrected chi connectivity index (χ1v) is 11.9. The molecule has 0 aliphatic heterocycles. The van der Waals surface area contributed by atoms with E-state index >= 15 is 0 Å². The third-order valence-electron chi connectivity index (χ3n) is 5.38. The van der Waals surface area contributed by atoms with E-state index in [0.717, 1.165) is 45.4 Å². The molecule has 0 fully saturated rings. The molecule has 0 amide bonds. The van der Waals surface area contributed by atoms with Gasteiger partial charge in [0.15, 0.2) is 11.5 Å². The van der Waals surface area contributed by atoms with Crippen LogP contribution in [0.25, 0.3) is 0 Å². The van der Waals surface area contributed by atoms with Crippen molar-refractivity contribution in [1.29, 1.82) is 0 Å². The van der Waals surface area contributed by atoms with Gasteiger partial charge in [-0.1, -0.05) is 59.8 Å². The maximum atomic E-state index is 13.0. The Morgan fingerprint density at radius 3 is 1.91 bits per heavy atom. The SMILES string of the molecule is CCCCOC(=O)CC(O)(C(=O)OCC(CC)CCCC)C(C(C)=O)C(=O)OCCCC. The number of hydrogen-bond acceptors (Lipinski definition) is 8. The third-order valence-corrected chi connectivity index (χ3v) is 5.38. The van der Waals surface area contributed by atoms with E-state index in [9.17, 15) is 24.3 Å². The number of hydrogen-bond donors (Lipinski definition) is 1. The standard InChI is InChI=1S/C24H42O8/c1-6-10-13-19(9-4)17-32-23(28)24(29,16-20(26)30-14-11-7-2)21(18(5)25)22(27)31-15-12-8-3/h19,21,29H,6-17H2,1-5H3. The average molecular weight is 459 g/mol. The summed E-state index contributed by atoms with van der Waals surface area (Å²) in [7, 11) is 0. The second-order valence-electron chi connectivity index (χ2n) is 8.25. The Bertz CT molecular complexity index is 589. The fourth-order valence-corrected chi connectivity index (χ4v) is 3.21. The highest BCUT2D eigenvalue weighted by molar-refractivity contribution is 6.05. The van der Waals surface area contributed by atoms with Crippen LogP contribution in [-0.4, -0.2) is 54.2 Å². The summed E-state index contributed by atoms with van der Waals surface area (Å²) in [6, 6.07) is 0. The van der Waals surface area contributed by atoms with Crippen LogP contribution in [0.5, 0.6) is 0 Å². The fraction of sp³-hybridized carbons (Fsp3) is 0.833. The molecular weight excluding hydrogens is 416 g/mol. The molecule has 0 aromatic rings. The number of Topliss-reactive ketones (excluding diaryl/α,β-unsaturated/α-hetero) is 1. The Kier molecular flexibility index (Phi) is 15.6. The molecule has 186 valence electrons. The predicted molar refractivity (Wildman–Crippen MR) is 120 cm³/mol. The Morgan fingerprint density at radius 1 is 0.844 bits per heavy atom. The zero-order valence-electron chi connectivity index (χ0n) is 20.4. The van der Waals surface area contributed by atoms with Crippen molar-refractivity contribution >= 4 is 23.7 Å². The molecule has 0 radical (unpaired) electrons. The summed E-state index contributed by atoms with van der Waals surface area (Å²) in [6.07, 6.45) is 5.41. The highest BCUT2D eigenvalue weighted by atomic mass is 16.6. The van der Waals surface area contributed by atoms with Crippen LogP contribution in [0.4, 0.5) is 0 Å². The molecule has 0 spiro atoms. The van der Waals surface area contributed by atoms with Gasteiger partial charge in [-0.05, 0) is 32.1 Å². The Labute approximate surface area is 192 Å². The number of ketones is 1. The van der Waals surface area contributed by atoms with E-state index < -0.39 is 41.6 Å². The minimum absolute atomic E-state index is 0.0258. The van der Waals surface area contributed by atoms with Crippen molar-refractivity contribution in [1.82, 2.24) is 0 Å². The molecule has 32 heavy (non-hydrogen) atoms. The summed E-state index contributed by atoms with van der Waals surface area (Å²) in [5.74, 6) is -5.71. The van der Waals surface area contributed by atoms with Gasteiger partial charge in [0.1, 0.15) is 5.78 Å². The summed E-state index contributed by atoms with van der Waals surface area (Å²) in [6.45, 7) is 9.10. The van der Waals surface area contributed by atoms with E-state index in [-0.39, 0.29) is 25.7 Å². The number of rotatable bonds is 18. The minimum atomic E-state index is -2.69. The number of carbonyl (C=O) groups excluding carboxylic acids is 4. The number of esters is 3. The average Bonchev–Trinajstić information content (AvgIpc) is 2.73. The molecule has 0 saturated heterocycles. The first-order valence-electron chi connectivity index (χ1n) is 11.9. The lowest BCUT2D eigenvalue weighted by Crippen LogP contribution is -2.55. The van der Waals surface area contributed by atoms with Gasteiger partial charge >= 0.3 is 17.9 Å². The molecule has 0 heterocycles. The van der Waals surface area contributed by atoms with Crippen molar-refractivity contribution in [3.63, 3.8) is 0 Å². The second-order valence-corrected chi connectivity index (χ2v) is 8.25. The highest BCUT2D eigenvalue weighted by Gasteiger charge is 2.54. The minimum Gasteiger partial charge on any atom is -0.466 e. The smallest absolute Gasteiger partial charge is 0.340 e. The molecule has 0 aromatic heterocycles. The summed E-state index contributed by atoms with van der Waals surface area (Å²) < 4.78 is 15.5. The van der Waals surface area contributed by atoms with Gasteiger partial charge in [-0.25, -0.2) is 4.79 Å². The lowest BCUT2D eigenvalue weighted by atomic mass is 9.81. The van der Waals surface area contributed by atoms with E-state index in [1.165, 1.54) is 0 Å². The molecule has 8 heteroatoms. The zero-order chi connectivity index (χ0) is 24.6. The van der Waals surface area contributed by atoms with E-state index in [1.807, 2.05) is 20.8 Å². The number of aliphatic hydroxyl groups is 1. The van der Waals surface area contributed by atoms with Crippen LogP contribution in [0, 0.1) is 11.8 Å². The monoisotopic (exact) mass is 458 g/mol. The summed E-state index contributed by atoms with van der Waals surface area (Å²) in [5.41, 5.74) is -2.69. The summed E-state index contributed by atoms with van der Waals surface area (Å²) in [4.78, 5) is 50.2.